The summed E-state index contributed by atoms with van der Waals surface area (Å²) in [5.41, 5.74) is 1.14. The van der Waals surface area contributed by atoms with E-state index in [-0.39, 0.29) is 27.8 Å². The molecule has 0 saturated heterocycles. The lowest BCUT2D eigenvalue weighted by Crippen LogP contribution is -2.27. The molecule has 1 N–H and O–H groups in total. The molecular formula is C14H15ClFN3O2S. The lowest BCUT2D eigenvalue weighted by Gasteiger charge is -2.06. The summed E-state index contributed by atoms with van der Waals surface area (Å²) < 4.78 is 42.1. The minimum Gasteiger partial charge on any atom is -0.255 e. The summed E-state index contributed by atoms with van der Waals surface area (Å²) in [6, 6.07) is 5.97. The van der Waals surface area contributed by atoms with Crippen LogP contribution in [0.3, 0.4) is 0 Å². The van der Waals surface area contributed by atoms with Gasteiger partial charge in [0.2, 0.25) is 10.0 Å². The van der Waals surface area contributed by atoms with Crippen LogP contribution in [-0.4, -0.2) is 24.2 Å². The zero-order valence-corrected chi connectivity index (χ0v) is 13.6. The Morgan fingerprint density at radius 2 is 2.18 bits per heavy atom. The fraction of sp³-hybridized carbons (Fsp3) is 0.357. The molecule has 0 spiro atoms. The van der Waals surface area contributed by atoms with Crippen LogP contribution in [0.25, 0.3) is 0 Å². The maximum Gasteiger partial charge on any atom is 0.245 e. The van der Waals surface area contributed by atoms with E-state index >= 15 is 0 Å². The molecule has 22 heavy (non-hydrogen) atoms. The molecule has 0 aliphatic heterocycles. The first-order valence-electron chi connectivity index (χ1n) is 6.76. The van der Waals surface area contributed by atoms with E-state index in [0.717, 1.165) is 5.56 Å². The quantitative estimate of drug-likeness (QED) is 0.926. The summed E-state index contributed by atoms with van der Waals surface area (Å²) in [6.45, 7) is 1.59. The predicted octanol–water partition coefficient (Wildman–Crippen LogP) is 2.36. The maximum atomic E-state index is 13.2. The molecule has 1 fully saturated rings. The topological polar surface area (TPSA) is 64.0 Å². The van der Waals surface area contributed by atoms with Gasteiger partial charge in [-0.3, -0.25) is 4.68 Å². The predicted molar refractivity (Wildman–Crippen MR) is 80.8 cm³/mol. The van der Waals surface area contributed by atoms with Gasteiger partial charge in [-0.1, -0.05) is 23.7 Å². The minimum absolute atomic E-state index is 0.00144. The summed E-state index contributed by atoms with van der Waals surface area (Å²) in [5.74, 6) is -0.335. The second kappa shape index (κ2) is 5.33. The van der Waals surface area contributed by atoms with E-state index in [4.69, 9.17) is 11.6 Å². The van der Waals surface area contributed by atoms with Crippen molar-refractivity contribution in [1.82, 2.24) is 14.5 Å². The van der Waals surface area contributed by atoms with Crippen molar-refractivity contribution in [2.45, 2.75) is 30.2 Å². The van der Waals surface area contributed by atoms with Gasteiger partial charge >= 0.3 is 0 Å². The van der Waals surface area contributed by atoms with Gasteiger partial charge in [0.25, 0.3) is 0 Å². The molecule has 0 radical (unpaired) electrons. The summed E-state index contributed by atoms with van der Waals surface area (Å²) in [5, 5.41) is 4.09. The van der Waals surface area contributed by atoms with Crippen LogP contribution in [0.4, 0.5) is 4.39 Å². The monoisotopic (exact) mass is 343 g/mol. The van der Waals surface area contributed by atoms with E-state index in [1.54, 1.807) is 26.1 Å². The number of sulfonamides is 1. The first-order chi connectivity index (χ1) is 10.3. The highest BCUT2D eigenvalue weighted by molar-refractivity contribution is 7.89. The van der Waals surface area contributed by atoms with Crippen molar-refractivity contribution in [3.63, 3.8) is 0 Å². The first kappa shape index (κ1) is 15.5. The standard InChI is InChI=1S/C14H15ClFN3O2S/c1-8-13(14(15)19(2)17-8)22(20,21)18-12-7-11(12)9-4-3-5-10(16)6-9/h3-6,11-12,18H,7H2,1-2H3/t11-,12+/m0/s1. The molecular weight excluding hydrogens is 329 g/mol. The molecule has 5 nitrogen and oxygen atoms in total. The van der Waals surface area contributed by atoms with Crippen LogP contribution in [-0.2, 0) is 17.1 Å². The smallest absolute Gasteiger partial charge is 0.245 e. The Labute approximate surface area is 133 Å². The molecule has 1 saturated carbocycles. The molecule has 0 bridgehead atoms. The van der Waals surface area contributed by atoms with E-state index in [0.29, 0.717) is 12.1 Å². The van der Waals surface area contributed by atoms with Gasteiger partial charge in [-0.2, -0.15) is 5.10 Å². The Kier molecular flexibility index (Phi) is 3.74. The molecule has 3 rings (SSSR count). The van der Waals surface area contributed by atoms with Gasteiger partial charge in [-0.05, 0) is 31.0 Å². The summed E-state index contributed by atoms with van der Waals surface area (Å²) in [7, 11) is -2.16. The highest BCUT2D eigenvalue weighted by atomic mass is 35.5. The zero-order chi connectivity index (χ0) is 16.1. The van der Waals surface area contributed by atoms with Gasteiger partial charge < -0.3 is 0 Å². The average molecular weight is 344 g/mol. The number of aromatic nitrogens is 2. The molecule has 1 aliphatic carbocycles. The summed E-state index contributed by atoms with van der Waals surface area (Å²) >= 11 is 6.01. The molecule has 1 aliphatic rings. The molecule has 2 atom stereocenters. The van der Waals surface area contributed by atoms with Crippen molar-refractivity contribution in [2.75, 3.05) is 0 Å². The van der Waals surface area contributed by atoms with E-state index in [1.165, 1.54) is 16.8 Å². The molecule has 2 aromatic rings. The van der Waals surface area contributed by atoms with Gasteiger partial charge in [0.1, 0.15) is 15.9 Å². The van der Waals surface area contributed by atoms with Crippen molar-refractivity contribution in [2.24, 2.45) is 7.05 Å². The molecule has 1 aromatic carbocycles. The lowest BCUT2D eigenvalue weighted by atomic mass is 10.1. The Bertz CT molecular complexity index is 835. The van der Waals surface area contributed by atoms with Crippen LogP contribution >= 0.6 is 11.6 Å². The molecule has 118 valence electrons. The van der Waals surface area contributed by atoms with Gasteiger partial charge in [0, 0.05) is 19.0 Å². The Morgan fingerprint density at radius 1 is 1.45 bits per heavy atom. The van der Waals surface area contributed by atoms with Crippen LogP contribution in [0, 0.1) is 12.7 Å². The number of hydrogen-bond acceptors (Lipinski definition) is 3. The number of nitrogens with one attached hydrogen (secondary N) is 1. The Morgan fingerprint density at radius 3 is 2.77 bits per heavy atom. The van der Waals surface area contributed by atoms with Crippen LogP contribution in [0.15, 0.2) is 29.2 Å². The number of halogens is 2. The number of rotatable bonds is 4. The van der Waals surface area contributed by atoms with Gasteiger partial charge in [-0.25, -0.2) is 17.5 Å². The van der Waals surface area contributed by atoms with Crippen LogP contribution in [0.5, 0.6) is 0 Å². The maximum absolute atomic E-state index is 13.2. The summed E-state index contributed by atoms with van der Waals surface area (Å²) in [6.07, 6.45) is 0.639. The van der Waals surface area contributed by atoms with E-state index in [9.17, 15) is 12.8 Å². The van der Waals surface area contributed by atoms with Crippen LogP contribution in [0.1, 0.15) is 23.6 Å². The van der Waals surface area contributed by atoms with Crippen LogP contribution in [0.2, 0.25) is 5.15 Å². The minimum atomic E-state index is -3.75. The third kappa shape index (κ3) is 2.76. The van der Waals surface area contributed by atoms with Gasteiger partial charge in [0.15, 0.2) is 0 Å². The van der Waals surface area contributed by atoms with Crippen molar-refractivity contribution < 1.29 is 12.8 Å². The highest BCUT2D eigenvalue weighted by Crippen LogP contribution is 2.42. The van der Waals surface area contributed by atoms with E-state index < -0.39 is 10.0 Å². The SMILES string of the molecule is Cc1nn(C)c(Cl)c1S(=O)(=O)N[C@@H]1C[C@H]1c1cccc(F)c1. The number of hydrogen-bond donors (Lipinski definition) is 1. The van der Waals surface area contributed by atoms with Crippen molar-refractivity contribution in [3.05, 3.63) is 46.5 Å². The second-order valence-electron chi connectivity index (χ2n) is 5.45. The van der Waals surface area contributed by atoms with Crippen molar-refractivity contribution >= 4 is 21.6 Å². The number of benzene rings is 1. The Hall–Kier alpha value is -1.44. The second-order valence-corrected chi connectivity index (χ2v) is 7.46. The van der Waals surface area contributed by atoms with E-state index in [1.807, 2.05) is 0 Å². The molecule has 1 aromatic heterocycles. The first-order valence-corrected chi connectivity index (χ1v) is 8.62. The van der Waals surface area contributed by atoms with Gasteiger partial charge in [0.05, 0.1) is 5.69 Å². The van der Waals surface area contributed by atoms with E-state index in [2.05, 4.69) is 9.82 Å². The zero-order valence-electron chi connectivity index (χ0n) is 12.0. The molecule has 0 amide bonds. The van der Waals surface area contributed by atoms with Crippen molar-refractivity contribution in [1.29, 1.82) is 0 Å². The third-order valence-electron chi connectivity index (χ3n) is 3.74. The average Bonchev–Trinajstić information content (AvgIpc) is 3.10. The Balaban J connectivity index is 1.80. The summed E-state index contributed by atoms with van der Waals surface area (Å²) in [4.78, 5) is 0.00144. The fourth-order valence-corrected chi connectivity index (χ4v) is 4.64. The number of aryl methyl sites for hydroxylation is 2. The third-order valence-corrected chi connectivity index (χ3v) is 5.93. The highest BCUT2D eigenvalue weighted by Gasteiger charge is 2.42. The lowest BCUT2D eigenvalue weighted by molar-refractivity contribution is 0.579. The normalized spacial score (nSPS) is 21.1. The van der Waals surface area contributed by atoms with Crippen molar-refractivity contribution in [3.8, 4) is 0 Å². The largest absolute Gasteiger partial charge is 0.255 e. The molecule has 1 heterocycles. The van der Waals surface area contributed by atoms with Crippen LogP contribution < -0.4 is 4.72 Å². The van der Waals surface area contributed by atoms with Gasteiger partial charge in [-0.15, -0.1) is 0 Å². The number of nitrogens with zero attached hydrogens (tertiary/aromatic N) is 2. The fourth-order valence-electron chi connectivity index (χ4n) is 2.60. The molecule has 8 heteroatoms. The molecule has 0 unspecified atom stereocenters.